The Morgan fingerprint density at radius 3 is 2.55 bits per heavy atom. The summed E-state index contributed by atoms with van der Waals surface area (Å²) < 4.78 is 12.2. The van der Waals surface area contributed by atoms with Crippen LogP contribution in [0.5, 0.6) is 11.5 Å². The molecule has 1 heterocycles. The number of fused-ring (bicyclic) bond motifs is 1. The summed E-state index contributed by atoms with van der Waals surface area (Å²) in [5.41, 5.74) is 3.48. The van der Waals surface area contributed by atoms with Gasteiger partial charge in [0.2, 0.25) is 0 Å². The first kappa shape index (κ1) is 13.3. The summed E-state index contributed by atoms with van der Waals surface area (Å²) in [6.45, 7) is 0.692. The molecule has 2 aromatic carbocycles. The molecule has 0 N–H and O–H groups in total. The van der Waals surface area contributed by atoms with Gasteiger partial charge in [-0.15, -0.1) is 0 Å². The zero-order valence-electron chi connectivity index (χ0n) is 11.2. The Labute approximate surface area is 127 Å². The molecular weight excluding hydrogens is 316 g/mol. The van der Waals surface area contributed by atoms with Crippen molar-refractivity contribution < 1.29 is 9.47 Å². The van der Waals surface area contributed by atoms with Crippen LogP contribution in [0.4, 0.5) is 0 Å². The predicted molar refractivity (Wildman–Crippen MR) is 84.5 cm³/mol. The Hall–Kier alpha value is -1.74. The minimum absolute atomic E-state index is 0.692. The van der Waals surface area contributed by atoms with Crippen molar-refractivity contribution in [3.05, 3.63) is 64.1 Å². The zero-order chi connectivity index (χ0) is 13.9. The van der Waals surface area contributed by atoms with Gasteiger partial charge in [-0.2, -0.15) is 0 Å². The van der Waals surface area contributed by atoms with Crippen molar-refractivity contribution in [3.8, 4) is 11.5 Å². The van der Waals surface area contributed by atoms with E-state index >= 15 is 0 Å². The topological polar surface area (TPSA) is 18.5 Å². The summed E-state index contributed by atoms with van der Waals surface area (Å²) in [4.78, 5) is 0. The number of benzene rings is 2. The lowest BCUT2D eigenvalue weighted by atomic mass is 9.96. The van der Waals surface area contributed by atoms with Crippen molar-refractivity contribution >= 4 is 21.5 Å². The average Bonchev–Trinajstić information content (AvgIpc) is 2.66. The van der Waals surface area contributed by atoms with Gasteiger partial charge in [-0.3, -0.25) is 0 Å². The Morgan fingerprint density at radius 2 is 1.80 bits per heavy atom. The maximum absolute atomic E-state index is 5.82. The molecule has 0 saturated carbocycles. The highest BCUT2D eigenvalue weighted by atomic mass is 79.9. The van der Waals surface area contributed by atoms with Gasteiger partial charge >= 0.3 is 0 Å². The fourth-order valence-electron chi connectivity index (χ4n) is 2.39. The molecular formula is C17H15BrO2. The molecule has 0 spiro atoms. The molecule has 0 aliphatic carbocycles. The van der Waals surface area contributed by atoms with E-state index in [0.29, 0.717) is 6.61 Å². The molecule has 1 aliphatic rings. The van der Waals surface area contributed by atoms with Gasteiger partial charge in [0, 0.05) is 22.0 Å². The third-order valence-electron chi connectivity index (χ3n) is 3.39. The molecule has 3 rings (SSSR count). The monoisotopic (exact) mass is 330 g/mol. The summed E-state index contributed by atoms with van der Waals surface area (Å²) in [7, 11) is 1.68. The summed E-state index contributed by atoms with van der Waals surface area (Å²) in [5.74, 6) is 1.80. The largest absolute Gasteiger partial charge is 0.497 e. The van der Waals surface area contributed by atoms with Gasteiger partial charge in [0.25, 0.3) is 0 Å². The molecule has 102 valence electrons. The smallest absolute Gasteiger partial charge is 0.127 e. The van der Waals surface area contributed by atoms with Gasteiger partial charge in [0.1, 0.15) is 11.5 Å². The second-order valence-electron chi connectivity index (χ2n) is 4.60. The molecule has 2 nitrogen and oxygen atoms in total. The van der Waals surface area contributed by atoms with Gasteiger partial charge in [0.15, 0.2) is 0 Å². The molecule has 0 fully saturated rings. The minimum atomic E-state index is 0.692. The van der Waals surface area contributed by atoms with Crippen LogP contribution in [0.3, 0.4) is 0 Å². The quantitative estimate of drug-likeness (QED) is 0.799. The lowest BCUT2D eigenvalue weighted by Crippen LogP contribution is -1.95. The lowest BCUT2D eigenvalue weighted by molar-refractivity contribution is 0.326. The third kappa shape index (κ3) is 2.46. The number of methoxy groups -OCH3 is 1. The van der Waals surface area contributed by atoms with Crippen molar-refractivity contribution in [1.29, 1.82) is 0 Å². The number of rotatable bonds is 2. The minimum Gasteiger partial charge on any atom is -0.497 e. The van der Waals surface area contributed by atoms with E-state index in [0.717, 1.165) is 29.0 Å². The SMILES string of the molecule is COc1ccc(C2=C(Br)CCOc3ccccc32)cc1. The van der Waals surface area contributed by atoms with Crippen molar-refractivity contribution in [1.82, 2.24) is 0 Å². The molecule has 1 aliphatic heterocycles. The van der Waals surface area contributed by atoms with E-state index in [-0.39, 0.29) is 0 Å². The van der Waals surface area contributed by atoms with E-state index in [2.05, 4.69) is 34.1 Å². The van der Waals surface area contributed by atoms with Crippen molar-refractivity contribution in [2.24, 2.45) is 0 Å². The van der Waals surface area contributed by atoms with E-state index in [1.54, 1.807) is 7.11 Å². The van der Waals surface area contributed by atoms with E-state index < -0.39 is 0 Å². The Bertz CT molecular complexity index is 644. The average molecular weight is 331 g/mol. The summed E-state index contributed by atoms with van der Waals surface area (Å²) in [6, 6.07) is 16.3. The number of halogens is 1. The fraction of sp³-hybridized carbons (Fsp3) is 0.176. The van der Waals surface area contributed by atoms with Crippen LogP contribution in [0.2, 0.25) is 0 Å². The number of hydrogen-bond donors (Lipinski definition) is 0. The first-order valence-electron chi connectivity index (χ1n) is 6.55. The highest BCUT2D eigenvalue weighted by molar-refractivity contribution is 9.11. The van der Waals surface area contributed by atoms with Crippen LogP contribution in [0.15, 0.2) is 53.0 Å². The molecule has 2 aromatic rings. The first-order valence-corrected chi connectivity index (χ1v) is 7.34. The van der Waals surface area contributed by atoms with E-state index in [1.165, 1.54) is 10.1 Å². The number of ether oxygens (including phenoxy) is 2. The second-order valence-corrected chi connectivity index (χ2v) is 5.56. The molecule has 0 unspecified atom stereocenters. The molecule has 0 amide bonds. The van der Waals surface area contributed by atoms with E-state index in [4.69, 9.17) is 9.47 Å². The highest BCUT2D eigenvalue weighted by Crippen LogP contribution is 2.39. The fourth-order valence-corrected chi connectivity index (χ4v) is 2.99. The molecule has 0 saturated heterocycles. The molecule has 0 bridgehead atoms. The zero-order valence-corrected chi connectivity index (χ0v) is 12.8. The number of hydrogen-bond acceptors (Lipinski definition) is 2. The molecule has 3 heteroatoms. The van der Waals surface area contributed by atoms with Crippen LogP contribution in [0.1, 0.15) is 17.5 Å². The van der Waals surface area contributed by atoms with Gasteiger partial charge in [-0.25, -0.2) is 0 Å². The maximum atomic E-state index is 5.82. The van der Waals surface area contributed by atoms with Gasteiger partial charge in [-0.1, -0.05) is 46.3 Å². The van der Waals surface area contributed by atoms with Crippen LogP contribution < -0.4 is 9.47 Å². The number of para-hydroxylation sites is 1. The third-order valence-corrected chi connectivity index (χ3v) is 4.18. The van der Waals surface area contributed by atoms with E-state index in [1.807, 2.05) is 30.3 Å². The summed E-state index contributed by atoms with van der Waals surface area (Å²) in [6.07, 6.45) is 0.871. The van der Waals surface area contributed by atoms with Crippen LogP contribution in [0, 0.1) is 0 Å². The van der Waals surface area contributed by atoms with Crippen molar-refractivity contribution in [2.45, 2.75) is 6.42 Å². The Morgan fingerprint density at radius 1 is 1.05 bits per heavy atom. The predicted octanol–water partition coefficient (Wildman–Crippen LogP) is 4.63. The summed E-state index contributed by atoms with van der Waals surface area (Å²) in [5, 5.41) is 0. The van der Waals surface area contributed by atoms with E-state index in [9.17, 15) is 0 Å². The Balaban J connectivity index is 2.13. The first-order chi connectivity index (χ1) is 9.79. The lowest BCUT2D eigenvalue weighted by Gasteiger charge is -2.12. The van der Waals surface area contributed by atoms with Crippen LogP contribution in [-0.4, -0.2) is 13.7 Å². The van der Waals surface area contributed by atoms with Gasteiger partial charge < -0.3 is 9.47 Å². The maximum Gasteiger partial charge on any atom is 0.127 e. The molecule has 0 radical (unpaired) electrons. The Kier molecular flexibility index (Phi) is 3.79. The van der Waals surface area contributed by atoms with Crippen molar-refractivity contribution in [2.75, 3.05) is 13.7 Å². The van der Waals surface area contributed by atoms with Crippen molar-refractivity contribution in [3.63, 3.8) is 0 Å². The normalized spacial score (nSPS) is 14.3. The van der Waals surface area contributed by atoms with Crippen LogP contribution >= 0.6 is 15.9 Å². The highest BCUT2D eigenvalue weighted by Gasteiger charge is 2.18. The standard InChI is InChI=1S/C17H15BrO2/c1-19-13-8-6-12(7-9-13)17-14-4-2-3-5-16(14)20-11-10-15(17)18/h2-9H,10-11H2,1H3. The van der Waals surface area contributed by atoms with Crippen LogP contribution in [0.25, 0.3) is 5.57 Å². The molecule has 0 atom stereocenters. The molecule has 0 aromatic heterocycles. The van der Waals surface area contributed by atoms with Gasteiger partial charge in [0.05, 0.1) is 13.7 Å². The molecule has 20 heavy (non-hydrogen) atoms. The second kappa shape index (κ2) is 5.71. The van der Waals surface area contributed by atoms with Crippen LogP contribution in [-0.2, 0) is 0 Å². The van der Waals surface area contributed by atoms with Gasteiger partial charge in [-0.05, 0) is 23.8 Å². The summed E-state index contributed by atoms with van der Waals surface area (Å²) >= 11 is 3.72.